The van der Waals surface area contributed by atoms with Crippen molar-refractivity contribution in [1.82, 2.24) is 5.43 Å². The van der Waals surface area contributed by atoms with Crippen LogP contribution < -0.4 is 20.8 Å². The fraction of sp³-hybridized carbons (Fsp3) is 0.0833. The van der Waals surface area contributed by atoms with Crippen molar-refractivity contribution in [1.29, 1.82) is 0 Å². The molecule has 0 aliphatic carbocycles. The molecule has 0 fully saturated rings. The highest BCUT2D eigenvalue weighted by Gasteiger charge is 2.12. The molecule has 3 aromatic rings. The van der Waals surface area contributed by atoms with Crippen LogP contribution in [0.1, 0.15) is 11.1 Å². The summed E-state index contributed by atoms with van der Waals surface area (Å²) in [6.07, 6.45) is 1.34. The van der Waals surface area contributed by atoms with E-state index in [4.69, 9.17) is 4.74 Å². The molecule has 0 saturated heterocycles. The van der Waals surface area contributed by atoms with Gasteiger partial charge in [0.2, 0.25) is 0 Å². The number of carbonyl (C=O) groups is 3. The summed E-state index contributed by atoms with van der Waals surface area (Å²) in [6, 6.07) is 19.1. The molecule has 168 valence electrons. The van der Waals surface area contributed by atoms with Gasteiger partial charge < -0.3 is 15.4 Å². The average Bonchev–Trinajstić information content (AvgIpc) is 2.80. The van der Waals surface area contributed by atoms with Gasteiger partial charge in [-0.05, 0) is 78.7 Å². The van der Waals surface area contributed by atoms with Gasteiger partial charge in [0.25, 0.3) is 5.91 Å². The molecule has 0 radical (unpaired) electrons. The van der Waals surface area contributed by atoms with E-state index in [9.17, 15) is 18.8 Å². The summed E-state index contributed by atoms with van der Waals surface area (Å²) in [7, 11) is 0. The molecular weight excluding hydrogens is 427 g/mol. The van der Waals surface area contributed by atoms with Gasteiger partial charge in [-0.1, -0.05) is 12.1 Å². The van der Waals surface area contributed by atoms with Crippen LogP contribution in [0.4, 0.5) is 15.8 Å². The lowest BCUT2D eigenvalue weighted by Gasteiger charge is -2.08. The van der Waals surface area contributed by atoms with Gasteiger partial charge in [-0.25, -0.2) is 9.82 Å². The third kappa shape index (κ3) is 7.59. The van der Waals surface area contributed by atoms with Gasteiger partial charge in [0.1, 0.15) is 11.6 Å². The summed E-state index contributed by atoms with van der Waals surface area (Å²) >= 11 is 0. The van der Waals surface area contributed by atoms with Crippen molar-refractivity contribution in [2.45, 2.75) is 6.92 Å². The summed E-state index contributed by atoms with van der Waals surface area (Å²) in [5, 5.41) is 8.81. The predicted octanol–water partition coefficient (Wildman–Crippen LogP) is 3.24. The number of anilines is 2. The van der Waals surface area contributed by atoms with Crippen LogP contribution in [0, 0.1) is 12.7 Å². The lowest BCUT2D eigenvalue weighted by Crippen LogP contribution is -2.32. The van der Waals surface area contributed by atoms with E-state index in [-0.39, 0.29) is 18.2 Å². The third-order valence-electron chi connectivity index (χ3n) is 4.24. The number of hydrazone groups is 1. The maximum Gasteiger partial charge on any atom is 0.329 e. The fourth-order valence-electron chi connectivity index (χ4n) is 2.66. The molecule has 33 heavy (non-hydrogen) atoms. The Balaban J connectivity index is 1.42. The zero-order valence-corrected chi connectivity index (χ0v) is 17.7. The van der Waals surface area contributed by atoms with Crippen LogP contribution in [0.2, 0.25) is 0 Å². The number of carbonyl (C=O) groups excluding carboxylic acids is 3. The number of aryl methyl sites for hydroxylation is 1. The van der Waals surface area contributed by atoms with E-state index in [1.807, 2.05) is 25.1 Å². The van der Waals surface area contributed by atoms with Gasteiger partial charge in [-0.15, -0.1) is 0 Å². The Morgan fingerprint density at radius 1 is 0.909 bits per heavy atom. The molecule has 8 nitrogen and oxygen atoms in total. The molecule has 3 rings (SSSR count). The van der Waals surface area contributed by atoms with Crippen molar-refractivity contribution in [2.75, 3.05) is 17.2 Å². The molecule has 0 saturated carbocycles. The standard InChI is InChI=1S/C24H21FN4O4/c1-16-3-2-4-20(13-16)27-22(30)15-33-21-11-5-17(6-12-21)14-26-29-24(32)23(31)28-19-9-7-18(25)8-10-19/h2-14H,15H2,1H3,(H,27,30)(H,28,31)(H,29,32)/b26-14-. The Morgan fingerprint density at radius 3 is 2.33 bits per heavy atom. The summed E-state index contributed by atoms with van der Waals surface area (Å²) < 4.78 is 18.3. The van der Waals surface area contributed by atoms with E-state index in [2.05, 4.69) is 21.2 Å². The maximum absolute atomic E-state index is 12.9. The van der Waals surface area contributed by atoms with E-state index in [0.29, 0.717) is 17.0 Å². The number of nitrogens with one attached hydrogen (secondary N) is 3. The van der Waals surface area contributed by atoms with Gasteiger partial charge in [0, 0.05) is 11.4 Å². The lowest BCUT2D eigenvalue weighted by molar-refractivity contribution is -0.136. The fourth-order valence-corrected chi connectivity index (χ4v) is 2.66. The van der Waals surface area contributed by atoms with E-state index in [1.165, 1.54) is 18.3 Å². The number of rotatable bonds is 7. The van der Waals surface area contributed by atoms with Crippen LogP contribution >= 0.6 is 0 Å². The van der Waals surface area contributed by atoms with Crippen LogP contribution in [0.5, 0.6) is 5.75 Å². The Labute approximate surface area is 189 Å². The van der Waals surface area contributed by atoms with E-state index in [0.717, 1.165) is 17.7 Å². The minimum Gasteiger partial charge on any atom is -0.484 e. The smallest absolute Gasteiger partial charge is 0.329 e. The zero-order valence-electron chi connectivity index (χ0n) is 17.7. The van der Waals surface area contributed by atoms with Gasteiger partial charge in [-0.2, -0.15) is 5.10 Å². The summed E-state index contributed by atoms with van der Waals surface area (Å²) in [4.78, 5) is 35.6. The van der Waals surface area contributed by atoms with E-state index < -0.39 is 17.6 Å². The number of amides is 3. The van der Waals surface area contributed by atoms with Crippen molar-refractivity contribution >= 4 is 35.3 Å². The molecule has 0 atom stereocenters. The minimum absolute atomic E-state index is 0.152. The lowest BCUT2D eigenvalue weighted by atomic mass is 10.2. The van der Waals surface area contributed by atoms with Crippen molar-refractivity contribution in [2.24, 2.45) is 5.10 Å². The second kappa shape index (κ2) is 11.2. The molecular formula is C24H21FN4O4. The second-order valence-electron chi connectivity index (χ2n) is 6.94. The highest BCUT2D eigenvalue weighted by Crippen LogP contribution is 2.13. The van der Waals surface area contributed by atoms with Crippen molar-refractivity contribution in [3.8, 4) is 5.75 Å². The Morgan fingerprint density at radius 2 is 1.64 bits per heavy atom. The molecule has 0 unspecified atom stereocenters. The molecule has 0 bridgehead atoms. The van der Waals surface area contributed by atoms with Crippen molar-refractivity contribution in [3.63, 3.8) is 0 Å². The Hall–Kier alpha value is -4.53. The largest absolute Gasteiger partial charge is 0.484 e. The third-order valence-corrected chi connectivity index (χ3v) is 4.24. The van der Waals surface area contributed by atoms with Crippen LogP contribution in [0.15, 0.2) is 77.9 Å². The van der Waals surface area contributed by atoms with Crippen molar-refractivity contribution in [3.05, 3.63) is 89.7 Å². The topological polar surface area (TPSA) is 109 Å². The number of ether oxygens (including phenoxy) is 1. The van der Waals surface area contributed by atoms with Crippen LogP contribution in [-0.2, 0) is 14.4 Å². The monoisotopic (exact) mass is 448 g/mol. The first-order valence-electron chi connectivity index (χ1n) is 9.88. The SMILES string of the molecule is Cc1cccc(NC(=O)COc2ccc(/C=N\NC(=O)C(=O)Nc3ccc(F)cc3)cc2)c1. The van der Waals surface area contributed by atoms with Gasteiger partial charge in [-0.3, -0.25) is 14.4 Å². The maximum atomic E-state index is 12.9. The summed E-state index contributed by atoms with van der Waals surface area (Å²) in [6.45, 7) is 1.78. The molecule has 9 heteroatoms. The van der Waals surface area contributed by atoms with E-state index in [1.54, 1.807) is 30.3 Å². The number of hydrogen-bond acceptors (Lipinski definition) is 5. The van der Waals surface area contributed by atoms with Crippen LogP contribution in [-0.4, -0.2) is 30.5 Å². The molecule has 0 aliphatic rings. The average molecular weight is 448 g/mol. The summed E-state index contributed by atoms with van der Waals surface area (Å²) in [5.41, 5.74) is 4.75. The number of hydrogen-bond donors (Lipinski definition) is 3. The van der Waals surface area contributed by atoms with Crippen LogP contribution in [0.25, 0.3) is 0 Å². The normalized spacial score (nSPS) is 10.5. The van der Waals surface area contributed by atoms with Gasteiger partial charge in [0.05, 0.1) is 6.21 Å². The molecule has 3 aromatic carbocycles. The first-order valence-corrected chi connectivity index (χ1v) is 9.88. The highest BCUT2D eigenvalue weighted by atomic mass is 19.1. The highest BCUT2D eigenvalue weighted by molar-refractivity contribution is 6.39. The Kier molecular flexibility index (Phi) is 7.85. The number of nitrogens with zero attached hydrogens (tertiary/aromatic N) is 1. The first kappa shape index (κ1) is 23.1. The first-order chi connectivity index (χ1) is 15.9. The van der Waals surface area contributed by atoms with Crippen molar-refractivity contribution < 1.29 is 23.5 Å². The molecule has 0 aliphatic heterocycles. The molecule has 0 aromatic heterocycles. The molecule has 0 spiro atoms. The quantitative estimate of drug-likeness (QED) is 0.293. The Bertz CT molecular complexity index is 1160. The van der Waals surface area contributed by atoms with Gasteiger partial charge >= 0.3 is 11.8 Å². The summed E-state index contributed by atoms with van der Waals surface area (Å²) in [5.74, 6) is -2.17. The van der Waals surface area contributed by atoms with Crippen LogP contribution in [0.3, 0.4) is 0 Å². The zero-order chi connectivity index (χ0) is 23.6. The molecule has 0 heterocycles. The predicted molar refractivity (Wildman–Crippen MR) is 123 cm³/mol. The van der Waals surface area contributed by atoms with E-state index >= 15 is 0 Å². The number of benzene rings is 3. The second-order valence-corrected chi connectivity index (χ2v) is 6.94. The molecule has 3 N–H and O–H groups in total. The number of halogens is 1. The van der Waals surface area contributed by atoms with Gasteiger partial charge in [0.15, 0.2) is 6.61 Å². The molecule has 3 amide bonds. The minimum atomic E-state index is -0.977.